The van der Waals surface area contributed by atoms with Gasteiger partial charge in [0.15, 0.2) is 0 Å². The Labute approximate surface area is 168 Å². The zero-order valence-electron chi connectivity index (χ0n) is 11.6. The molecule has 0 aromatic carbocycles. The third kappa shape index (κ3) is 6.88. The van der Waals surface area contributed by atoms with E-state index >= 15 is 0 Å². The fourth-order valence-corrected chi connectivity index (χ4v) is 2.63. The van der Waals surface area contributed by atoms with Gasteiger partial charge in [-0.05, 0) is 7.60 Å². The Balaban J connectivity index is 0.00000200. The molecule has 0 aliphatic heterocycles. The maximum absolute atomic E-state index is 11.4. The van der Waals surface area contributed by atoms with E-state index in [1.54, 1.807) is 6.20 Å². The first-order valence-electron chi connectivity index (χ1n) is 5.24. The third-order valence-electron chi connectivity index (χ3n) is 2.17. The average Bonchev–Trinajstić information content (AvgIpc) is 2.72. The molecule has 12 heteroatoms. The first kappa shape index (κ1) is 21.9. The molecule has 0 aliphatic rings. The number of hydrogen-bond acceptors (Lipinski definition) is 7. The Hall–Kier alpha value is 0.880. The predicted molar refractivity (Wildman–Crippen MR) is 65.9 cm³/mol. The summed E-state index contributed by atoms with van der Waals surface area (Å²) < 4.78 is 15.0. The molecule has 2 rings (SSSR count). The minimum absolute atomic E-state index is 0. The number of aromatic amines is 2. The summed E-state index contributed by atoms with van der Waals surface area (Å²) in [6.45, 7) is 0.120. The van der Waals surface area contributed by atoms with Crippen LogP contribution in [-0.2, 0) is 9.30 Å². The molecule has 2 N–H and O–H groups in total. The van der Waals surface area contributed by atoms with Crippen molar-refractivity contribution >= 4 is 30.4 Å². The van der Waals surface area contributed by atoms with E-state index in [2.05, 4.69) is 15.0 Å². The van der Waals surface area contributed by atoms with Crippen molar-refractivity contribution in [3.8, 4) is 0 Å². The smallest absolute Gasteiger partial charge is 0.809 e. The average molecular weight is 349 g/mol. The van der Waals surface area contributed by atoms with E-state index in [0.717, 1.165) is 4.90 Å². The van der Waals surface area contributed by atoms with Crippen molar-refractivity contribution < 1.29 is 78.2 Å². The predicted octanol–water partition coefficient (Wildman–Crippen LogP) is -6.76. The van der Waals surface area contributed by atoms with Gasteiger partial charge in [0, 0.05) is 11.9 Å². The van der Waals surface area contributed by atoms with Crippen molar-refractivity contribution in [2.75, 3.05) is 18.7 Å². The molecular weight excluding hydrogens is 339 g/mol. The van der Waals surface area contributed by atoms with Gasteiger partial charge in [-0.15, -0.1) is 11.8 Å². The first-order chi connectivity index (χ1) is 8.97. The van der Waals surface area contributed by atoms with Crippen molar-refractivity contribution in [3.05, 3.63) is 22.9 Å². The Bertz CT molecular complexity index is 673. The summed E-state index contributed by atoms with van der Waals surface area (Å²) in [5.41, 5.74) is 0.674. The van der Waals surface area contributed by atoms with Gasteiger partial charge >= 0.3 is 59.1 Å². The van der Waals surface area contributed by atoms with Gasteiger partial charge in [-0.3, -0.25) is 4.79 Å². The summed E-state index contributed by atoms with van der Waals surface area (Å²) in [7, 11) is -4.61. The molecule has 0 unspecified atom stereocenters. The van der Waals surface area contributed by atoms with Crippen LogP contribution < -0.4 is 74.5 Å². The van der Waals surface area contributed by atoms with Crippen LogP contribution in [0.15, 0.2) is 22.2 Å². The maximum atomic E-state index is 11.4. The van der Waals surface area contributed by atoms with Crippen LogP contribution in [-0.4, -0.2) is 33.7 Å². The number of rotatable bonds is 6. The van der Waals surface area contributed by atoms with Crippen LogP contribution in [0.4, 0.5) is 0 Å². The van der Waals surface area contributed by atoms with E-state index in [-0.39, 0.29) is 71.3 Å². The molecule has 0 atom stereocenters. The van der Waals surface area contributed by atoms with E-state index in [1.807, 2.05) is 0 Å². The number of ether oxygens (including phenoxy) is 1. The second-order valence-electron chi connectivity index (χ2n) is 3.60. The van der Waals surface area contributed by atoms with Gasteiger partial charge in [0.1, 0.15) is 11.0 Å². The number of aromatic nitrogens is 3. The number of nitrogens with zero attached hydrogens (tertiary/aromatic N) is 1. The van der Waals surface area contributed by atoms with Gasteiger partial charge < -0.3 is 29.1 Å². The molecule has 0 amide bonds. The summed E-state index contributed by atoms with van der Waals surface area (Å²) in [6, 6.07) is 0. The van der Waals surface area contributed by atoms with Crippen LogP contribution in [0.25, 0.3) is 11.0 Å². The number of hydrogen-bond donors (Lipinski definition) is 2. The number of nitrogens with one attached hydrogen (secondary N) is 2. The van der Waals surface area contributed by atoms with Crippen molar-refractivity contribution in [3.63, 3.8) is 0 Å². The van der Waals surface area contributed by atoms with Crippen molar-refractivity contribution in [1.29, 1.82) is 0 Å². The number of fused-ring (bicyclic) bond motifs is 1. The second-order valence-corrected chi connectivity index (χ2v) is 6.22. The quantitative estimate of drug-likeness (QED) is 0.229. The largest absolute Gasteiger partial charge is 1.00 e. The molecule has 104 valence electrons. The molecule has 2 heterocycles. The zero-order chi connectivity index (χ0) is 13.9. The zero-order valence-corrected chi connectivity index (χ0v) is 17.3. The molecule has 21 heavy (non-hydrogen) atoms. The fraction of sp³-hybridized carbons (Fsp3) is 0.333. The third-order valence-corrected chi connectivity index (χ3v) is 3.66. The van der Waals surface area contributed by atoms with Crippen LogP contribution in [0, 0.1) is 0 Å². The van der Waals surface area contributed by atoms with Crippen molar-refractivity contribution in [2.45, 2.75) is 4.90 Å². The summed E-state index contributed by atoms with van der Waals surface area (Å²) in [4.78, 5) is 42.1. The van der Waals surface area contributed by atoms with Gasteiger partial charge in [0.2, 0.25) is 0 Å². The van der Waals surface area contributed by atoms with Crippen molar-refractivity contribution in [2.24, 2.45) is 0 Å². The van der Waals surface area contributed by atoms with Gasteiger partial charge in [-0.1, -0.05) is 0 Å². The molecule has 0 saturated heterocycles. The Morgan fingerprint density at radius 3 is 2.71 bits per heavy atom. The minimum Gasteiger partial charge on any atom is -0.809 e. The second kappa shape index (κ2) is 9.89. The molecule has 2 aromatic heterocycles. The molecule has 0 fully saturated rings. The van der Waals surface area contributed by atoms with Crippen LogP contribution >= 0.6 is 19.4 Å². The molecular formula is C9H10N3Na2O5PS. The molecule has 0 bridgehead atoms. The van der Waals surface area contributed by atoms with Crippen LogP contribution in [0.2, 0.25) is 0 Å². The Morgan fingerprint density at radius 1 is 1.33 bits per heavy atom. The standard InChI is InChI=1S/C9H12N3O5PS.2Na/c13-9-8-7(11-4-12-9)6(3-10-8)19-2-1-17-5-18(14,15)16;;/h3-4,10H,1-2,5H2,(H,11,12,13)(H2,14,15,16);;/q;2*+1/p-2. The van der Waals surface area contributed by atoms with Crippen molar-refractivity contribution in [1.82, 2.24) is 15.0 Å². The van der Waals surface area contributed by atoms with Gasteiger partial charge in [0.25, 0.3) is 5.56 Å². The SMILES string of the molecule is O=c1[nH]cnc2c(SCCOCP(=O)([O-])[O-])c[nH]c12.[Na+].[Na+]. The normalized spacial score (nSPS) is 11.0. The molecule has 8 nitrogen and oxygen atoms in total. The van der Waals surface area contributed by atoms with E-state index in [9.17, 15) is 19.1 Å². The Kier molecular flexibility index (Phi) is 10.3. The molecule has 0 spiro atoms. The van der Waals surface area contributed by atoms with E-state index in [1.165, 1.54) is 18.1 Å². The molecule has 0 saturated carbocycles. The Morgan fingerprint density at radius 2 is 2.05 bits per heavy atom. The summed E-state index contributed by atoms with van der Waals surface area (Å²) >= 11 is 1.35. The minimum atomic E-state index is -4.61. The summed E-state index contributed by atoms with van der Waals surface area (Å²) in [6.07, 6.45) is 2.15. The van der Waals surface area contributed by atoms with Gasteiger partial charge in [-0.25, -0.2) is 4.98 Å². The fourth-order valence-electron chi connectivity index (χ4n) is 1.42. The van der Waals surface area contributed by atoms with Crippen LogP contribution in [0.3, 0.4) is 0 Å². The maximum Gasteiger partial charge on any atom is 1.00 e. The number of H-pyrrole nitrogens is 2. The van der Waals surface area contributed by atoms with E-state index in [4.69, 9.17) is 4.74 Å². The van der Waals surface area contributed by atoms with Crippen LogP contribution in [0.1, 0.15) is 0 Å². The van der Waals surface area contributed by atoms with Crippen LogP contribution in [0.5, 0.6) is 0 Å². The van der Waals surface area contributed by atoms with E-state index < -0.39 is 13.9 Å². The van der Waals surface area contributed by atoms with E-state index in [0.29, 0.717) is 16.8 Å². The van der Waals surface area contributed by atoms with Gasteiger partial charge in [0.05, 0.1) is 24.2 Å². The number of thioether (sulfide) groups is 1. The first-order valence-corrected chi connectivity index (χ1v) is 7.95. The monoisotopic (exact) mass is 349 g/mol. The molecule has 0 radical (unpaired) electrons. The summed E-state index contributed by atoms with van der Waals surface area (Å²) in [5.74, 6) is 0.446. The summed E-state index contributed by atoms with van der Waals surface area (Å²) in [5, 5.41) is 0. The van der Waals surface area contributed by atoms with Gasteiger partial charge in [-0.2, -0.15) is 0 Å². The molecule has 2 aromatic rings. The topological polar surface area (TPSA) is 134 Å². The molecule has 0 aliphatic carbocycles.